The number of nitrogens with zero attached hydrogens (tertiary/aromatic N) is 3. The van der Waals surface area contributed by atoms with Crippen molar-refractivity contribution in [3.8, 4) is 0 Å². The molecule has 2 rings (SSSR count). The Balaban J connectivity index is 2.27. The molecule has 1 aliphatic rings. The van der Waals surface area contributed by atoms with Crippen molar-refractivity contribution in [3.63, 3.8) is 0 Å². The smallest absolute Gasteiger partial charge is 0.149 e. The molecular weight excluding hydrogens is 252 g/mol. The number of rotatable bonds is 4. The predicted molar refractivity (Wildman–Crippen MR) is 82.2 cm³/mol. The first kappa shape index (κ1) is 15.0. The monoisotopic (exact) mass is 278 g/mol. The molecule has 0 amide bonds. The third-order valence-electron chi connectivity index (χ3n) is 4.07. The van der Waals surface area contributed by atoms with E-state index in [9.17, 15) is 0 Å². The van der Waals surface area contributed by atoms with Gasteiger partial charge in [0.05, 0.1) is 0 Å². The van der Waals surface area contributed by atoms with E-state index in [1.807, 2.05) is 13.8 Å². The van der Waals surface area contributed by atoms with Gasteiger partial charge in [-0.1, -0.05) is 13.3 Å². The van der Waals surface area contributed by atoms with E-state index < -0.39 is 0 Å². The maximum absolute atomic E-state index is 5.55. The molecule has 0 bridgehead atoms. The standard InChI is InChI=1S/C14H26N6/c1-5-12-16-13(18-15)11(4)14(17-12)19-20-9(2)7-6-8-10(20)3/h9-10H,5-8,15H2,1-4H3,(H2,16,17,18,19). The quantitative estimate of drug-likeness (QED) is 0.579. The molecule has 0 aliphatic carbocycles. The molecule has 6 heteroatoms. The summed E-state index contributed by atoms with van der Waals surface area (Å²) in [6, 6.07) is 1.01. The Morgan fingerprint density at radius 1 is 1.20 bits per heavy atom. The zero-order valence-corrected chi connectivity index (χ0v) is 12.9. The molecule has 1 aliphatic heterocycles. The molecular formula is C14H26N6. The highest BCUT2D eigenvalue weighted by Crippen LogP contribution is 2.26. The highest BCUT2D eigenvalue weighted by atomic mass is 15.5. The van der Waals surface area contributed by atoms with Gasteiger partial charge in [0.1, 0.15) is 17.5 Å². The van der Waals surface area contributed by atoms with Crippen molar-refractivity contribution in [2.45, 2.75) is 65.5 Å². The summed E-state index contributed by atoms with van der Waals surface area (Å²) in [5.41, 5.74) is 7.10. The van der Waals surface area contributed by atoms with Gasteiger partial charge in [-0.05, 0) is 33.6 Å². The van der Waals surface area contributed by atoms with Gasteiger partial charge in [0.15, 0.2) is 0 Å². The van der Waals surface area contributed by atoms with E-state index in [4.69, 9.17) is 5.84 Å². The maximum atomic E-state index is 5.55. The number of aromatic nitrogens is 2. The van der Waals surface area contributed by atoms with Crippen LogP contribution in [-0.4, -0.2) is 27.1 Å². The van der Waals surface area contributed by atoms with Crippen LogP contribution in [0.25, 0.3) is 0 Å². The van der Waals surface area contributed by atoms with Gasteiger partial charge < -0.3 is 10.9 Å². The number of aryl methyl sites for hydroxylation is 1. The van der Waals surface area contributed by atoms with Crippen LogP contribution in [0.2, 0.25) is 0 Å². The summed E-state index contributed by atoms with van der Waals surface area (Å²) in [5.74, 6) is 7.89. The second-order valence-corrected chi connectivity index (χ2v) is 5.61. The number of hydrazine groups is 2. The topological polar surface area (TPSA) is 79.1 Å². The molecule has 112 valence electrons. The second-order valence-electron chi connectivity index (χ2n) is 5.61. The van der Waals surface area contributed by atoms with Gasteiger partial charge in [0.2, 0.25) is 0 Å². The number of hydrogen-bond donors (Lipinski definition) is 3. The highest BCUT2D eigenvalue weighted by Gasteiger charge is 2.25. The zero-order chi connectivity index (χ0) is 14.7. The molecule has 2 heterocycles. The van der Waals surface area contributed by atoms with Crippen molar-refractivity contribution < 1.29 is 0 Å². The van der Waals surface area contributed by atoms with E-state index in [1.165, 1.54) is 19.3 Å². The first-order chi connectivity index (χ1) is 9.56. The number of hydrogen-bond acceptors (Lipinski definition) is 6. The van der Waals surface area contributed by atoms with Gasteiger partial charge in [-0.25, -0.2) is 20.8 Å². The minimum absolute atomic E-state index is 0.507. The summed E-state index contributed by atoms with van der Waals surface area (Å²) in [7, 11) is 0. The first-order valence-corrected chi connectivity index (χ1v) is 7.45. The third-order valence-corrected chi connectivity index (χ3v) is 4.07. The van der Waals surface area contributed by atoms with E-state index in [0.717, 1.165) is 23.6 Å². The van der Waals surface area contributed by atoms with Crippen molar-refractivity contribution in [2.75, 3.05) is 10.9 Å². The fourth-order valence-corrected chi connectivity index (χ4v) is 2.73. The predicted octanol–water partition coefficient (Wildman–Crippen LogP) is 2.22. The number of piperidine rings is 1. The molecule has 0 aromatic carbocycles. The summed E-state index contributed by atoms with van der Waals surface area (Å²) in [6.07, 6.45) is 4.50. The van der Waals surface area contributed by atoms with E-state index >= 15 is 0 Å². The molecule has 20 heavy (non-hydrogen) atoms. The Hall–Kier alpha value is -1.40. The second kappa shape index (κ2) is 6.37. The Morgan fingerprint density at radius 2 is 1.80 bits per heavy atom. The summed E-state index contributed by atoms with van der Waals surface area (Å²) >= 11 is 0. The van der Waals surface area contributed by atoms with Crippen LogP contribution in [0.5, 0.6) is 0 Å². The van der Waals surface area contributed by atoms with Crippen molar-refractivity contribution in [1.29, 1.82) is 0 Å². The summed E-state index contributed by atoms with van der Waals surface area (Å²) < 4.78 is 0. The number of nitrogens with one attached hydrogen (secondary N) is 2. The summed E-state index contributed by atoms with van der Waals surface area (Å²) in [4.78, 5) is 9.00. The van der Waals surface area contributed by atoms with Crippen molar-refractivity contribution in [3.05, 3.63) is 11.4 Å². The minimum Gasteiger partial charge on any atom is -0.308 e. The van der Waals surface area contributed by atoms with Gasteiger partial charge in [0.25, 0.3) is 0 Å². The molecule has 6 nitrogen and oxygen atoms in total. The Bertz CT molecular complexity index is 451. The zero-order valence-electron chi connectivity index (χ0n) is 12.9. The van der Waals surface area contributed by atoms with Gasteiger partial charge >= 0.3 is 0 Å². The molecule has 0 spiro atoms. The van der Waals surface area contributed by atoms with Crippen LogP contribution in [0.1, 0.15) is 51.4 Å². The van der Waals surface area contributed by atoms with E-state index in [0.29, 0.717) is 17.9 Å². The van der Waals surface area contributed by atoms with Gasteiger partial charge in [0, 0.05) is 24.1 Å². The Morgan fingerprint density at radius 3 is 2.35 bits per heavy atom. The molecule has 1 saturated heterocycles. The third kappa shape index (κ3) is 3.02. The van der Waals surface area contributed by atoms with E-state index in [1.54, 1.807) is 0 Å². The van der Waals surface area contributed by atoms with Crippen molar-refractivity contribution >= 4 is 11.6 Å². The van der Waals surface area contributed by atoms with Gasteiger partial charge in [-0.3, -0.25) is 0 Å². The first-order valence-electron chi connectivity index (χ1n) is 7.45. The average molecular weight is 278 g/mol. The highest BCUT2D eigenvalue weighted by molar-refractivity contribution is 5.56. The van der Waals surface area contributed by atoms with Gasteiger partial charge in [-0.15, -0.1) is 0 Å². The number of anilines is 2. The summed E-state index contributed by atoms with van der Waals surface area (Å²) in [6.45, 7) is 8.53. The van der Waals surface area contributed by atoms with E-state index in [2.05, 4.69) is 39.7 Å². The largest absolute Gasteiger partial charge is 0.308 e. The van der Waals surface area contributed by atoms with Crippen LogP contribution in [0.3, 0.4) is 0 Å². The molecule has 4 N–H and O–H groups in total. The maximum Gasteiger partial charge on any atom is 0.149 e. The number of nitrogen functional groups attached to an aromatic ring is 1. The molecule has 2 atom stereocenters. The SMILES string of the molecule is CCc1nc(NN)c(C)c(NN2C(C)CCCC2C)n1. The van der Waals surface area contributed by atoms with Crippen LogP contribution in [-0.2, 0) is 6.42 Å². The van der Waals surface area contributed by atoms with E-state index in [-0.39, 0.29) is 0 Å². The Labute approximate surface area is 121 Å². The normalized spacial score (nSPS) is 23.6. The lowest BCUT2D eigenvalue weighted by Crippen LogP contribution is -2.47. The fraction of sp³-hybridized carbons (Fsp3) is 0.714. The van der Waals surface area contributed by atoms with Crippen molar-refractivity contribution in [1.82, 2.24) is 15.0 Å². The minimum atomic E-state index is 0.507. The summed E-state index contributed by atoms with van der Waals surface area (Å²) in [5, 5.41) is 2.30. The molecule has 1 fully saturated rings. The molecule has 2 unspecified atom stereocenters. The lowest BCUT2D eigenvalue weighted by Gasteiger charge is -2.39. The van der Waals surface area contributed by atoms with Crippen LogP contribution in [0.15, 0.2) is 0 Å². The number of nitrogens with two attached hydrogens (primary N) is 1. The average Bonchev–Trinajstić information content (AvgIpc) is 2.44. The van der Waals surface area contributed by atoms with Crippen LogP contribution >= 0.6 is 0 Å². The molecule has 0 radical (unpaired) electrons. The van der Waals surface area contributed by atoms with Gasteiger partial charge in [-0.2, -0.15) is 0 Å². The fourth-order valence-electron chi connectivity index (χ4n) is 2.73. The lowest BCUT2D eigenvalue weighted by atomic mass is 10.00. The van der Waals surface area contributed by atoms with Crippen LogP contribution < -0.4 is 16.7 Å². The Kier molecular flexibility index (Phi) is 4.77. The van der Waals surface area contributed by atoms with Crippen LogP contribution in [0, 0.1) is 6.92 Å². The molecule has 0 saturated carbocycles. The molecule has 1 aromatic heterocycles. The lowest BCUT2D eigenvalue weighted by molar-refractivity contribution is 0.135. The molecule has 1 aromatic rings. The van der Waals surface area contributed by atoms with Crippen LogP contribution in [0.4, 0.5) is 11.6 Å². The van der Waals surface area contributed by atoms with Crippen molar-refractivity contribution in [2.24, 2.45) is 5.84 Å².